The fraction of sp³-hybridized carbons (Fsp3) is 0.224. The molecule has 6 aromatic carbocycles. The molecule has 9 nitrogen and oxygen atoms in total. The zero-order chi connectivity index (χ0) is 44.0. The SMILES string of the molecule is [2H]C(OC[C@H]1OC(O)(c2ccc3ccn(S(=O)(=O)Cc4ccccc4)c3c2)[C@H](OC([2H])c2ccccc2)[C@@H](OC([2H])c2ccccc2)[C@@H]1OC([2H])c1ccccc1)c1ccccc1. The van der Waals surface area contributed by atoms with Gasteiger partial charge in [0.05, 0.1) is 49.7 Å². The number of aliphatic hydroxyl groups is 1. The van der Waals surface area contributed by atoms with Gasteiger partial charge in [0.15, 0.2) is 0 Å². The van der Waals surface area contributed by atoms with Crippen LogP contribution in [0, 0.1) is 0 Å². The third kappa shape index (κ3) is 9.73. The molecule has 302 valence electrons. The molecule has 1 aliphatic heterocycles. The van der Waals surface area contributed by atoms with Crippen LogP contribution in [0.1, 0.15) is 38.9 Å². The lowest BCUT2D eigenvalue weighted by molar-refractivity contribution is -0.378. The van der Waals surface area contributed by atoms with Crippen LogP contribution in [0.5, 0.6) is 0 Å². The first-order chi connectivity index (χ1) is 30.5. The van der Waals surface area contributed by atoms with Crippen molar-refractivity contribution in [1.29, 1.82) is 0 Å². The van der Waals surface area contributed by atoms with Gasteiger partial charge in [-0.3, -0.25) is 0 Å². The summed E-state index contributed by atoms with van der Waals surface area (Å²) in [6.45, 7) is -5.74. The summed E-state index contributed by atoms with van der Waals surface area (Å²) >= 11 is 0. The van der Waals surface area contributed by atoms with E-state index in [1.165, 1.54) is 12.3 Å². The predicted molar refractivity (Wildman–Crippen MR) is 226 cm³/mol. The minimum Gasteiger partial charge on any atom is -0.374 e. The molecule has 2 heterocycles. The highest BCUT2D eigenvalue weighted by molar-refractivity contribution is 7.89. The van der Waals surface area contributed by atoms with Crippen molar-refractivity contribution in [3.63, 3.8) is 0 Å². The molecule has 0 saturated carbocycles. The van der Waals surface area contributed by atoms with Gasteiger partial charge in [0.2, 0.25) is 15.8 Å². The van der Waals surface area contributed by atoms with E-state index in [9.17, 15) is 17.6 Å². The van der Waals surface area contributed by atoms with Crippen molar-refractivity contribution in [2.75, 3.05) is 6.61 Å². The smallest absolute Gasteiger partial charge is 0.243 e. The second-order valence-electron chi connectivity index (χ2n) is 14.2. The van der Waals surface area contributed by atoms with E-state index in [1.54, 1.807) is 158 Å². The predicted octanol–water partition coefficient (Wildman–Crippen LogP) is 8.54. The molecular formula is C49H47NO8S. The highest BCUT2D eigenvalue weighted by atomic mass is 32.2. The van der Waals surface area contributed by atoms with Gasteiger partial charge in [0.25, 0.3) is 0 Å². The third-order valence-electron chi connectivity index (χ3n) is 10.0. The van der Waals surface area contributed by atoms with Crippen LogP contribution in [-0.2, 0) is 71.6 Å². The van der Waals surface area contributed by atoms with Crippen LogP contribution in [-0.4, -0.2) is 48.5 Å². The number of hydrogen-bond donors (Lipinski definition) is 1. The highest BCUT2D eigenvalue weighted by Crippen LogP contribution is 2.42. The monoisotopic (exact) mass is 813 g/mol. The summed E-state index contributed by atoms with van der Waals surface area (Å²) in [5, 5.41) is 13.9. The van der Waals surface area contributed by atoms with Gasteiger partial charge in [0.1, 0.15) is 24.4 Å². The summed E-state index contributed by atoms with van der Waals surface area (Å²) in [6.07, 6.45) is -4.29. The minimum atomic E-state index is -3.99. The van der Waals surface area contributed by atoms with Crippen molar-refractivity contribution < 1.29 is 42.7 Å². The Morgan fingerprint density at radius 2 is 1.07 bits per heavy atom. The molecule has 10 heteroatoms. The van der Waals surface area contributed by atoms with Crippen LogP contribution >= 0.6 is 0 Å². The lowest BCUT2D eigenvalue weighted by Gasteiger charge is -2.50. The normalized spacial score (nSPS) is 23.9. The number of benzene rings is 6. The standard InChI is InChI=1S/C49H47NO8S/c51-49(43-27-26-42-28-29-50(44(42)30-43)59(52,53)36-41-24-14-5-15-25-41)48(57-34-40-22-12-4-13-23-40)47(56-33-39-20-10-3-11-21-39)46(55-32-38-18-8-2-9-19-38)45(58-49)35-54-31-37-16-6-1-7-17-37/h1-30,45-48,51H,31-36H2/t45-,46-,47+,48-,49?/m1/s1/i31D,32D,33D,34D/t31?,32?,33?,34?,45-,46-,47+,48-,49?. The molecule has 1 N–H and O–H groups in total. The molecule has 9 atom stereocenters. The third-order valence-corrected chi connectivity index (χ3v) is 11.6. The Labute approximate surface area is 351 Å². The average molecular weight is 814 g/mol. The lowest BCUT2D eigenvalue weighted by Crippen LogP contribution is -2.65. The van der Waals surface area contributed by atoms with E-state index in [0.717, 1.165) is 3.97 Å². The van der Waals surface area contributed by atoms with Gasteiger partial charge in [-0.05, 0) is 39.9 Å². The van der Waals surface area contributed by atoms with Crippen molar-refractivity contribution in [3.8, 4) is 0 Å². The Hall–Kier alpha value is -5.43. The summed E-state index contributed by atoms with van der Waals surface area (Å²) in [6, 6.07) is 50.3. The summed E-state index contributed by atoms with van der Waals surface area (Å²) in [4.78, 5) is 0. The number of nitrogens with zero attached hydrogens (tertiary/aromatic N) is 1. The van der Waals surface area contributed by atoms with E-state index in [-0.39, 0.29) is 23.4 Å². The first-order valence-electron chi connectivity index (χ1n) is 21.6. The van der Waals surface area contributed by atoms with Gasteiger partial charge in [-0.25, -0.2) is 12.4 Å². The minimum absolute atomic E-state index is 0.0457. The molecule has 59 heavy (non-hydrogen) atoms. The molecule has 0 bridgehead atoms. The van der Waals surface area contributed by atoms with Crippen molar-refractivity contribution in [2.45, 2.75) is 62.3 Å². The van der Waals surface area contributed by atoms with Gasteiger partial charge in [-0.1, -0.05) is 164 Å². The highest BCUT2D eigenvalue weighted by Gasteiger charge is 2.57. The van der Waals surface area contributed by atoms with Crippen molar-refractivity contribution in [1.82, 2.24) is 3.97 Å². The Balaban J connectivity index is 1.27. The Kier molecular flexibility index (Phi) is 11.2. The van der Waals surface area contributed by atoms with E-state index >= 15 is 0 Å². The van der Waals surface area contributed by atoms with Gasteiger partial charge in [0, 0.05) is 17.1 Å². The Bertz CT molecular complexity index is 2650. The van der Waals surface area contributed by atoms with E-state index in [2.05, 4.69) is 0 Å². The van der Waals surface area contributed by atoms with Crippen LogP contribution in [0.25, 0.3) is 10.9 Å². The lowest BCUT2D eigenvalue weighted by atomic mass is 9.87. The van der Waals surface area contributed by atoms with Gasteiger partial charge < -0.3 is 28.8 Å². The second-order valence-corrected chi connectivity index (χ2v) is 16.0. The van der Waals surface area contributed by atoms with Crippen LogP contribution in [0.4, 0.5) is 0 Å². The molecule has 0 aliphatic carbocycles. The number of hydrogen-bond acceptors (Lipinski definition) is 8. The Morgan fingerprint density at radius 3 is 1.61 bits per heavy atom. The number of fused-ring (bicyclic) bond motifs is 1. The summed E-state index contributed by atoms with van der Waals surface area (Å²) < 4.78 is 98.5. The van der Waals surface area contributed by atoms with Crippen molar-refractivity contribution in [3.05, 3.63) is 216 Å². The first-order valence-corrected chi connectivity index (χ1v) is 20.9. The second kappa shape index (κ2) is 18.7. The zero-order valence-corrected chi connectivity index (χ0v) is 32.8. The van der Waals surface area contributed by atoms with Crippen LogP contribution in [0.2, 0.25) is 0 Å². The molecule has 1 fully saturated rings. The number of ether oxygens (including phenoxy) is 5. The van der Waals surface area contributed by atoms with Crippen LogP contribution < -0.4 is 0 Å². The zero-order valence-electron chi connectivity index (χ0n) is 36.0. The molecule has 1 aromatic heterocycles. The molecular weight excluding hydrogens is 763 g/mol. The molecule has 0 amide bonds. The molecule has 1 saturated heterocycles. The van der Waals surface area contributed by atoms with E-state index in [0.29, 0.717) is 33.2 Å². The van der Waals surface area contributed by atoms with Crippen LogP contribution in [0.3, 0.4) is 0 Å². The van der Waals surface area contributed by atoms with Gasteiger partial charge in [-0.2, -0.15) is 0 Å². The first kappa shape index (κ1) is 35.5. The maximum atomic E-state index is 14.0. The Morgan fingerprint density at radius 1 is 0.593 bits per heavy atom. The van der Waals surface area contributed by atoms with Crippen molar-refractivity contribution in [2.24, 2.45) is 0 Å². The maximum absolute atomic E-state index is 14.0. The fourth-order valence-corrected chi connectivity index (χ4v) is 8.53. The molecule has 0 spiro atoms. The van der Waals surface area contributed by atoms with E-state index in [4.69, 9.17) is 25.1 Å². The summed E-state index contributed by atoms with van der Waals surface area (Å²) in [5.74, 6) is -2.85. The summed E-state index contributed by atoms with van der Waals surface area (Å²) in [5.41, 5.74) is 2.82. The largest absolute Gasteiger partial charge is 0.374 e. The number of rotatable bonds is 17. The van der Waals surface area contributed by atoms with Gasteiger partial charge in [-0.15, -0.1) is 0 Å². The molecule has 7 aromatic rings. The molecule has 0 radical (unpaired) electrons. The quantitative estimate of drug-likeness (QED) is 0.0976. The molecule has 5 unspecified atom stereocenters. The van der Waals surface area contributed by atoms with E-state index < -0.39 is 66.6 Å². The molecule has 8 rings (SSSR count). The topological polar surface area (TPSA) is 105 Å². The average Bonchev–Trinajstić information content (AvgIpc) is 3.76. The van der Waals surface area contributed by atoms with Gasteiger partial charge >= 0.3 is 0 Å². The molecule has 1 aliphatic rings. The van der Waals surface area contributed by atoms with E-state index in [1.807, 2.05) is 12.1 Å². The van der Waals surface area contributed by atoms with Crippen LogP contribution in [0.15, 0.2) is 182 Å². The van der Waals surface area contributed by atoms with Crippen molar-refractivity contribution >= 4 is 20.9 Å². The fourth-order valence-electron chi connectivity index (χ4n) is 7.07. The maximum Gasteiger partial charge on any atom is 0.243 e. The summed E-state index contributed by atoms with van der Waals surface area (Å²) in [7, 11) is -3.99. The number of aromatic nitrogens is 1.